The van der Waals surface area contributed by atoms with Crippen molar-refractivity contribution in [1.82, 2.24) is 20.2 Å². The van der Waals surface area contributed by atoms with Gasteiger partial charge < -0.3 is 20.5 Å². The van der Waals surface area contributed by atoms with Crippen molar-refractivity contribution in [3.63, 3.8) is 0 Å². The Kier molecular flexibility index (Phi) is 5.24. The predicted molar refractivity (Wildman–Crippen MR) is 108 cm³/mol. The maximum atomic E-state index is 12.4. The maximum Gasteiger partial charge on any atom is 0.254 e. The minimum absolute atomic E-state index is 0.138. The van der Waals surface area contributed by atoms with Crippen LogP contribution in [0.1, 0.15) is 23.2 Å². The van der Waals surface area contributed by atoms with E-state index in [2.05, 4.69) is 20.9 Å². The summed E-state index contributed by atoms with van der Waals surface area (Å²) < 4.78 is 1.98. The molecule has 4 rings (SSSR count). The molecular formula is C21H21N5O3. The quantitative estimate of drug-likeness (QED) is 0.595. The van der Waals surface area contributed by atoms with Crippen molar-refractivity contribution in [2.24, 2.45) is 0 Å². The minimum Gasteiger partial charge on any atom is -0.354 e. The standard InChI is InChI=1S/C21H21N5O3/c27-19(22-11-12-26-13-23-16-7-3-4-8-18(16)26)10-9-17-21(29)24-15-6-2-1-5-14(15)20(28)25-17/h1-8,13,17H,9-12H2,(H,22,27)(H,24,29)(H,25,28). The summed E-state index contributed by atoms with van der Waals surface area (Å²) in [6, 6.07) is 13.9. The SMILES string of the molecule is O=C(CCC1NC(=O)c2ccccc2NC1=O)NCCn1cnc2ccccc21. The number of fused-ring (bicyclic) bond motifs is 2. The molecule has 0 spiro atoms. The molecule has 0 aliphatic carbocycles. The number of aromatic nitrogens is 2. The molecule has 0 bridgehead atoms. The molecule has 1 unspecified atom stereocenters. The Morgan fingerprint density at radius 3 is 2.79 bits per heavy atom. The van der Waals surface area contributed by atoms with Crippen LogP contribution in [0.3, 0.4) is 0 Å². The number of benzene rings is 2. The van der Waals surface area contributed by atoms with Crippen LogP contribution in [0.5, 0.6) is 0 Å². The molecule has 3 aromatic rings. The van der Waals surface area contributed by atoms with E-state index < -0.39 is 6.04 Å². The highest BCUT2D eigenvalue weighted by atomic mass is 16.2. The number of nitrogens with zero attached hydrogens (tertiary/aromatic N) is 2. The average molecular weight is 391 g/mol. The third kappa shape index (κ3) is 4.11. The molecule has 0 saturated heterocycles. The van der Waals surface area contributed by atoms with Gasteiger partial charge in [-0.2, -0.15) is 0 Å². The topological polar surface area (TPSA) is 105 Å². The van der Waals surface area contributed by atoms with Gasteiger partial charge in [-0.1, -0.05) is 24.3 Å². The lowest BCUT2D eigenvalue weighted by Crippen LogP contribution is -2.42. The van der Waals surface area contributed by atoms with Crippen LogP contribution in [-0.4, -0.2) is 39.9 Å². The number of imidazole rings is 1. The van der Waals surface area contributed by atoms with Gasteiger partial charge in [-0.3, -0.25) is 14.4 Å². The third-order valence-electron chi connectivity index (χ3n) is 4.91. The summed E-state index contributed by atoms with van der Waals surface area (Å²) in [5, 5.41) is 8.29. The van der Waals surface area contributed by atoms with Crippen LogP contribution < -0.4 is 16.0 Å². The molecule has 2 heterocycles. The van der Waals surface area contributed by atoms with Crippen molar-refractivity contribution in [3.05, 3.63) is 60.4 Å². The molecule has 8 heteroatoms. The number of amides is 3. The van der Waals surface area contributed by atoms with E-state index >= 15 is 0 Å². The Balaban J connectivity index is 1.27. The van der Waals surface area contributed by atoms with Crippen LogP contribution in [-0.2, 0) is 16.1 Å². The van der Waals surface area contributed by atoms with E-state index in [1.165, 1.54) is 0 Å². The Morgan fingerprint density at radius 1 is 1.10 bits per heavy atom. The molecule has 3 amide bonds. The number of carbonyl (C=O) groups excluding carboxylic acids is 3. The summed E-state index contributed by atoms with van der Waals surface area (Å²) in [5.41, 5.74) is 2.82. The van der Waals surface area contributed by atoms with Crippen molar-refractivity contribution in [2.75, 3.05) is 11.9 Å². The predicted octanol–water partition coefficient (Wildman–Crippen LogP) is 1.68. The molecule has 8 nitrogen and oxygen atoms in total. The highest BCUT2D eigenvalue weighted by Crippen LogP contribution is 2.19. The zero-order valence-electron chi connectivity index (χ0n) is 15.7. The van der Waals surface area contributed by atoms with E-state index in [0.29, 0.717) is 24.3 Å². The first-order valence-corrected chi connectivity index (χ1v) is 9.49. The van der Waals surface area contributed by atoms with Crippen LogP contribution in [0, 0.1) is 0 Å². The van der Waals surface area contributed by atoms with E-state index in [9.17, 15) is 14.4 Å². The molecular weight excluding hydrogens is 370 g/mol. The van der Waals surface area contributed by atoms with Crippen LogP contribution in [0.15, 0.2) is 54.9 Å². The number of nitrogens with one attached hydrogen (secondary N) is 3. The molecule has 1 aromatic heterocycles. The maximum absolute atomic E-state index is 12.4. The van der Waals surface area contributed by atoms with Gasteiger partial charge in [-0.25, -0.2) is 4.98 Å². The molecule has 0 radical (unpaired) electrons. The van der Waals surface area contributed by atoms with Gasteiger partial charge in [0.1, 0.15) is 6.04 Å². The molecule has 29 heavy (non-hydrogen) atoms. The summed E-state index contributed by atoms with van der Waals surface area (Å²) in [7, 11) is 0. The van der Waals surface area contributed by atoms with Crippen molar-refractivity contribution < 1.29 is 14.4 Å². The normalized spacial score (nSPS) is 15.9. The van der Waals surface area contributed by atoms with Crippen molar-refractivity contribution >= 4 is 34.4 Å². The van der Waals surface area contributed by atoms with Gasteiger partial charge in [-0.05, 0) is 30.7 Å². The zero-order chi connectivity index (χ0) is 20.2. The second kappa shape index (κ2) is 8.14. The van der Waals surface area contributed by atoms with Gasteiger partial charge in [0.05, 0.1) is 28.6 Å². The lowest BCUT2D eigenvalue weighted by atomic mass is 10.1. The monoisotopic (exact) mass is 391 g/mol. The molecule has 1 atom stereocenters. The van der Waals surface area contributed by atoms with Gasteiger partial charge >= 0.3 is 0 Å². The lowest BCUT2D eigenvalue weighted by Gasteiger charge is -2.14. The fraction of sp³-hybridized carbons (Fsp3) is 0.238. The van der Waals surface area contributed by atoms with Gasteiger partial charge in [0.15, 0.2) is 0 Å². The number of hydrogen-bond acceptors (Lipinski definition) is 4. The second-order valence-electron chi connectivity index (χ2n) is 6.88. The fourth-order valence-corrected chi connectivity index (χ4v) is 3.38. The Bertz CT molecular complexity index is 1070. The summed E-state index contributed by atoms with van der Waals surface area (Å²) in [6.07, 6.45) is 2.12. The van der Waals surface area contributed by atoms with Crippen molar-refractivity contribution in [2.45, 2.75) is 25.4 Å². The molecule has 1 aliphatic heterocycles. The van der Waals surface area contributed by atoms with Gasteiger partial charge in [0.25, 0.3) is 5.91 Å². The zero-order valence-corrected chi connectivity index (χ0v) is 15.7. The van der Waals surface area contributed by atoms with Gasteiger partial charge in [0, 0.05) is 19.5 Å². The van der Waals surface area contributed by atoms with Crippen LogP contribution >= 0.6 is 0 Å². The first-order chi connectivity index (χ1) is 14.1. The lowest BCUT2D eigenvalue weighted by molar-refractivity contribution is -0.121. The summed E-state index contributed by atoms with van der Waals surface area (Å²) in [6.45, 7) is 1.05. The van der Waals surface area contributed by atoms with Gasteiger partial charge in [-0.15, -0.1) is 0 Å². The second-order valence-corrected chi connectivity index (χ2v) is 6.88. The van der Waals surface area contributed by atoms with E-state index in [1.54, 1.807) is 30.6 Å². The molecule has 148 valence electrons. The van der Waals surface area contributed by atoms with E-state index in [-0.39, 0.29) is 30.6 Å². The number of hydrogen-bond donors (Lipinski definition) is 3. The van der Waals surface area contributed by atoms with E-state index in [4.69, 9.17) is 0 Å². The van der Waals surface area contributed by atoms with Crippen molar-refractivity contribution in [3.8, 4) is 0 Å². The van der Waals surface area contributed by atoms with Crippen molar-refractivity contribution in [1.29, 1.82) is 0 Å². The number of anilines is 1. The number of rotatable bonds is 6. The smallest absolute Gasteiger partial charge is 0.254 e. The fourth-order valence-electron chi connectivity index (χ4n) is 3.38. The largest absolute Gasteiger partial charge is 0.354 e. The summed E-state index contributed by atoms with van der Waals surface area (Å²) >= 11 is 0. The molecule has 0 saturated carbocycles. The Morgan fingerprint density at radius 2 is 1.90 bits per heavy atom. The average Bonchev–Trinajstić information content (AvgIpc) is 3.09. The third-order valence-corrected chi connectivity index (χ3v) is 4.91. The van der Waals surface area contributed by atoms with E-state index in [0.717, 1.165) is 11.0 Å². The highest BCUT2D eigenvalue weighted by Gasteiger charge is 2.27. The highest BCUT2D eigenvalue weighted by molar-refractivity contribution is 6.09. The number of para-hydroxylation sites is 3. The van der Waals surface area contributed by atoms with Crippen LogP contribution in [0.4, 0.5) is 5.69 Å². The molecule has 0 fully saturated rings. The Labute approximate surface area is 167 Å². The summed E-state index contributed by atoms with van der Waals surface area (Å²) in [4.78, 5) is 41.2. The van der Waals surface area contributed by atoms with Gasteiger partial charge in [0.2, 0.25) is 11.8 Å². The molecule has 2 aromatic carbocycles. The Hall–Kier alpha value is -3.68. The van der Waals surface area contributed by atoms with Crippen LogP contribution in [0.2, 0.25) is 0 Å². The minimum atomic E-state index is -0.752. The first kappa shape index (κ1) is 18.7. The summed E-state index contributed by atoms with van der Waals surface area (Å²) in [5.74, 6) is -0.810. The van der Waals surface area contributed by atoms with Crippen LogP contribution in [0.25, 0.3) is 11.0 Å². The molecule has 1 aliphatic rings. The first-order valence-electron chi connectivity index (χ1n) is 9.49. The van der Waals surface area contributed by atoms with E-state index in [1.807, 2.05) is 28.8 Å². The number of carbonyl (C=O) groups is 3. The molecule has 3 N–H and O–H groups in total.